The van der Waals surface area contributed by atoms with E-state index in [1.54, 1.807) is 17.5 Å². The van der Waals surface area contributed by atoms with Crippen molar-refractivity contribution in [2.24, 2.45) is 5.73 Å². The molecule has 1 aromatic rings. The molecule has 0 aliphatic rings. The Hall–Kier alpha value is -1.59. The molecule has 8 heteroatoms. The number of carbonyl (C=O) groups is 2. The molecule has 0 saturated heterocycles. The maximum atomic E-state index is 11.3. The fourth-order valence-electron chi connectivity index (χ4n) is 0.905. The molecule has 88 valence electrons. The van der Waals surface area contributed by atoms with Gasteiger partial charge in [-0.3, -0.25) is 10.1 Å². The van der Waals surface area contributed by atoms with Gasteiger partial charge < -0.3 is 10.2 Å². The van der Waals surface area contributed by atoms with Gasteiger partial charge in [0.15, 0.2) is 4.67 Å². The number of nitrogens with two attached hydrogens (primary N) is 1. The molecular formula is C9H5Br2N3O3. The van der Waals surface area contributed by atoms with Gasteiger partial charge in [0.05, 0.1) is 4.47 Å². The third-order valence-electron chi connectivity index (χ3n) is 1.55. The first-order valence-electron chi connectivity index (χ1n) is 4.11. The molecule has 3 amide bonds. The number of hydrogen-bond acceptors (Lipinski definition) is 4. The SMILES string of the molecule is N#C/C(=C/c1cc(Br)c(Br)o1)C(=O)NC(N)=O. The molecule has 3 N–H and O–H groups in total. The fraction of sp³-hybridized carbons (Fsp3) is 0. The van der Waals surface area contributed by atoms with Gasteiger partial charge in [0.1, 0.15) is 17.4 Å². The molecule has 17 heavy (non-hydrogen) atoms. The lowest BCUT2D eigenvalue weighted by Gasteiger charge is -1.97. The minimum atomic E-state index is -1.03. The van der Waals surface area contributed by atoms with Gasteiger partial charge in [-0.15, -0.1) is 0 Å². The Morgan fingerprint density at radius 2 is 2.18 bits per heavy atom. The van der Waals surface area contributed by atoms with Crippen LogP contribution in [0.4, 0.5) is 4.79 Å². The van der Waals surface area contributed by atoms with Crippen LogP contribution in [0.1, 0.15) is 5.76 Å². The molecule has 1 heterocycles. The van der Waals surface area contributed by atoms with Crippen molar-refractivity contribution in [2.75, 3.05) is 0 Å². The van der Waals surface area contributed by atoms with E-state index in [1.807, 2.05) is 0 Å². The third-order valence-corrected chi connectivity index (χ3v) is 3.26. The summed E-state index contributed by atoms with van der Waals surface area (Å²) < 4.78 is 6.21. The molecular weight excluding hydrogens is 358 g/mol. The molecule has 0 spiro atoms. The van der Waals surface area contributed by atoms with Crippen LogP contribution < -0.4 is 11.1 Å². The number of rotatable bonds is 2. The summed E-state index contributed by atoms with van der Waals surface area (Å²) in [5.74, 6) is -0.608. The zero-order valence-electron chi connectivity index (χ0n) is 8.16. The molecule has 0 atom stereocenters. The Bertz CT molecular complexity index is 523. The average molecular weight is 363 g/mol. The van der Waals surface area contributed by atoms with E-state index < -0.39 is 11.9 Å². The van der Waals surface area contributed by atoms with Gasteiger partial charge in [0, 0.05) is 6.08 Å². The molecule has 1 aromatic heterocycles. The van der Waals surface area contributed by atoms with Crippen LogP contribution in [0, 0.1) is 11.3 Å². The van der Waals surface area contributed by atoms with Gasteiger partial charge in [-0.2, -0.15) is 5.26 Å². The van der Waals surface area contributed by atoms with Crippen LogP contribution in [0.25, 0.3) is 6.08 Å². The van der Waals surface area contributed by atoms with Crippen LogP contribution in [0.2, 0.25) is 0 Å². The number of urea groups is 1. The van der Waals surface area contributed by atoms with Crippen molar-refractivity contribution in [3.05, 3.63) is 26.5 Å². The average Bonchev–Trinajstić information content (AvgIpc) is 2.53. The number of amides is 3. The van der Waals surface area contributed by atoms with E-state index in [4.69, 9.17) is 15.4 Å². The maximum absolute atomic E-state index is 11.3. The Labute approximate surface area is 113 Å². The summed E-state index contributed by atoms with van der Waals surface area (Å²) in [7, 11) is 0. The van der Waals surface area contributed by atoms with Crippen molar-refractivity contribution in [1.29, 1.82) is 5.26 Å². The first-order chi connectivity index (χ1) is 7.93. The number of carbonyl (C=O) groups excluding carboxylic acids is 2. The Morgan fingerprint density at radius 1 is 1.53 bits per heavy atom. The lowest BCUT2D eigenvalue weighted by molar-refractivity contribution is -0.115. The molecule has 0 bridgehead atoms. The van der Waals surface area contributed by atoms with E-state index in [9.17, 15) is 9.59 Å². The monoisotopic (exact) mass is 361 g/mol. The predicted octanol–water partition coefficient (Wildman–Crippen LogP) is 1.91. The number of imide groups is 1. The zero-order valence-corrected chi connectivity index (χ0v) is 11.3. The van der Waals surface area contributed by atoms with Crippen molar-refractivity contribution >= 4 is 49.9 Å². The highest BCUT2D eigenvalue weighted by atomic mass is 79.9. The van der Waals surface area contributed by atoms with Crippen LogP contribution in [-0.2, 0) is 4.79 Å². The molecule has 0 aliphatic carbocycles. The Kier molecular flexibility index (Phi) is 4.48. The molecule has 0 aromatic carbocycles. The fourth-order valence-corrected chi connectivity index (χ4v) is 1.51. The number of primary amides is 1. The minimum absolute atomic E-state index is 0.278. The van der Waals surface area contributed by atoms with Crippen molar-refractivity contribution < 1.29 is 14.0 Å². The van der Waals surface area contributed by atoms with Gasteiger partial charge in [-0.05, 0) is 37.9 Å². The number of nitriles is 1. The summed E-state index contributed by atoms with van der Waals surface area (Å²) in [6, 6.07) is 2.16. The van der Waals surface area contributed by atoms with Crippen molar-refractivity contribution in [3.63, 3.8) is 0 Å². The first kappa shape index (κ1) is 13.5. The molecule has 0 fully saturated rings. The summed E-state index contributed by atoms with van der Waals surface area (Å²) in [5, 5.41) is 10.5. The van der Waals surface area contributed by atoms with Crippen LogP contribution in [0.5, 0.6) is 0 Å². The topological polar surface area (TPSA) is 109 Å². The second-order valence-electron chi connectivity index (χ2n) is 2.76. The minimum Gasteiger partial charge on any atom is -0.449 e. The predicted molar refractivity (Wildman–Crippen MR) is 65.4 cm³/mol. The normalized spacial score (nSPS) is 10.8. The highest BCUT2D eigenvalue weighted by molar-refractivity contribution is 9.13. The van der Waals surface area contributed by atoms with Gasteiger partial charge in [0.2, 0.25) is 0 Å². The first-order valence-corrected chi connectivity index (χ1v) is 5.70. The molecule has 0 radical (unpaired) electrons. The van der Waals surface area contributed by atoms with E-state index in [-0.39, 0.29) is 11.3 Å². The summed E-state index contributed by atoms with van der Waals surface area (Å²) >= 11 is 6.28. The molecule has 0 aliphatic heterocycles. The van der Waals surface area contributed by atoms with Crippen LogP contribution >= 0.6 is 31.9 Å². The lowest BCUT2D eigenvalue weighted by Crippen LogP contribution is -2.35. The summed E-state index contributed by atoms with van der Waals surface area (Å²) in [6.45, 7) is 0. The quantitative estimate of drug-likeness (QED) is 0.618. The van der Waals surface area contributed by atoms with Gasteiger partial charge >= 0.3 is 6.03 Å². The van der Waals surface area contributed by atoms with E-state index in [1.165, 1.54) is 6.08 Å². The smallest absolute Gasteiger partial charge is 0.319 e. The largest absolute Gasteiger partial charge is 0.449 e. The zero-order chi connectivity index (χ0) is 13.0. The van der Waals surface area contributed by atoms with Crippen LogP contribution in [-0.4, -0.2) is 11.9 Å². The van der Waals surface area contributed by atoms with Gasteiger partial charge in [-0.25, -0.2) is 4.79 Å². The highest BCUT2D eigenvalue weighted by Gasteiger charge is 2.12. The molecule has 0 saturated carbocycles. The standard InChI is InChI=1S/C9H5Br2N3O3/c10-6-2-5(17-7(6)11)1-4(3-12)8(15)14-9(13)16/h1-2H,(H3,13,14,15,16)/b4-1-. The maximum Gasteiger partial charge on any atom is 0.319 e. The number of nitrogens with zero attached hydrogens (tertiary/aromatic N) is 1. The lowest BCUT2D eigenvalue weighted by atomic mass is 10.2. The van der Waals surface area contributed by atoms with E-state index in [0.29, 0.717) is 9.14 Å². The second kappa shape index (κ2) is 5.65. The van der Waals surface area contributed by atoms with Crippen molar-refractivity contribution in [2.45, 2.75) is 0 Å². The summed E-state index contributed by atoms with van der Waals surface area (Å²) in [4.78, 5) is 21.8. The van der Waals surface area contributed by atoms with Gasteiger partial charge in [0.25, 0.3) is 5.91 Å². The number of hydrogen-bond donors (Lipinski definition) is 2. The van der Waals surface area contributed by atoms with E-state index >= 15 is 0 Å². The summed E-state index contributed by atoms with van der Waals surface area (Å²) in [6.07, 6.45) is 1.19. The second-order valence-corrected chi connectivity index (χ2v) is 4.33. The number of furan rings is 1. The van der Waals surface area contributed by atoms with Gasteiger partial charge in [-0.1, -0.05) is 0 Å². The highest BCUT2D eigenvalue weighted by Crippen LogP contribution is 2.27. The van der Waals surface area contributed by atoms with Crippen LogP contribution in [0.15, 0.2) is 25.2 Å². The van der Waals surface area contributed by atoms with E-state index in [0.717, 1.165) is 0 Å². The molecule has 6 nitrogen and oxygen atoms in total. The van der Waals surface area contributed by atoms with Crippen molar-refractivity contribution in [1.82, 2.24) is 5.32 Å². The van der Waals surface area contributed by atoms with Crippen molar-refractivity contribution in [3.8, 4) is 6.07 Å². The number of halogens is 2. The summed E-state index contributed by atoms with van der Waals surface area (Å²) in [5.41, 5.74) is 4.47. The Balaban J connectivity index is 2.99. The molecule has 0 unspecified atom stereocenters. The van der Waals surface area contributed by atoms with E-state index in [2.05, 4.69) is 31.9 Å². The Morgan fingerprint density at radius 3 is 2.59 bits per heavy atom. The van der Waals surface area contributed by atoms with Crippen LogP contribution in [0.3, 0.4) is 0 Å². The number of nitrogens with one attached hydrogen (secondary N) is 1. The third kappa shape index (κ3) is 3.72. The molecule has 1 rings (SSSR count).